The number of ether oxygens (including phenoxy) is 3. The molecule has 0 radical (unpaired) electrons. The zero-order chi connectivity index (χ0) is 24.7. The number of aromatic nitrogens is 2. The summed E-state index contributed by atoms with van der Waals surface area (Å²) >= 11 is 0. The standard InChI is InChI=1S/C29H29N3O4/c1-2-35-27-19-22(12-13-26(27)36-20-21-8-4-3-5-9-21)18-23(29(33)32-14-16-34-17-15-32)28-30-24-10-6-7-11-25(24)31-28/h3-13,18-19H,2,14-17,20H2,1H3,(H,30,31)/b23-18+. The predicted octanol–water partition coefficient (Wildman–Crippen LogP) is 4.94. The number of imidazole rings is 1. The van der Waals surface area contributed by atoms with E-state index < -0.39 is 0 Å². The molecule has 1 saturated heterocycles. The van der Waals surface area contributed by atoms with Gasteiger partial charge >= 0.3 is 0 Å². The van der Waals surface area contributed by atoms with Gasteiger partial charge in [0.05, 0.1) is 36.4 Å². The Kier molecular flexibility index (Phi) is 7.28. The molecule has 3 aromatic carbocycles. The van der Waals surface area contributed by atoms with Crippen LogP contribution in [0, 0.1) is 0 Å². The van der Waals surface area contributed by atoms with E-state index in [1.165, 1.54) is 0 Å². The molecule has 1 N–H and O–H groups in total. The molecule has 7 nitrogen and oxygen atoms in total. The first-order chi connectivity index (χ1) is 17.7. The molecule has 184 valence electrons. The third-order valence-electron chi connectivity index (χ3n) is 5.99. The van der Waals surface area contributed by atoms with Gasteiger partial charge in [-0.25, -0.2) is 4.98 Å². The summed E-state index contributed by atoms with van der Waals surface area (Å²) in [6, 6.07) is 23.5. The van der Waals surface area contributed by atoms with Crippen LogP contribution < -0.4 is 9.47 Å². The molecule has 4 aromatic rings. The van der Waals surface area contributed by atoms with Crippen LogP contribution in [0.3, 0.4) is 0 Å². The maximum absolute atomic E-state index is 13.6. The zero-order valence-corrected chi connectivity index (χ0v) is 20.3. The number of carbonyl (C=O) groups is 1. The smallest absolute Gasteiger partial charge is 0.257 e. The summed E-state index contributed by atoms with van der Waals surface area (Å²) in [5, 5.41) is 0. The zero-order valence-electron chi connectivity index (χ0n) is 20.3. The van der Waals surface area contributed by atoms with Gasteiger partial charge in [-0.1, -0.05) is 48.5 Å². The van der Waals surface area contributed by atoms with E-state index in [0.717, 1.165) is 22.2 Å². The van der Waals surface area contributed by atoms with Crippen LogP contribution >= 0.6 is 0 Å². The van der Waals surface area contributed by atoms with E-state index >= 15 is 0 Å². The van der Waals surface area contributed by atoms with Gasteiger partial charge < -0.3 is 24.1 Å². The molecular formula is C29H29N3O4. The first-order valence-electron chi connectivity index (χ1n) is 12.2. The van der Waals surface area contributed by atoms with Gasteiger partial charge in [-0.15, -0.1) is 0 Å². The lowest BCUT2D eigenvalue weighted by atomic mass is 10.1. The molecular weight excluding hydrogens is 454 g/mol. The molecule has 1 amide bonds. The molecule has 1 fully saturated rings. The Balaban J connectivity index is 1.49. The first-order valence-corrected chi connectivity index (χ1v) is 12.2. The Hall–Kier alpha value is -4.10. The summed E-state index contributed by atoms with van der Waals surface area (Å²) in [6.07, 6.45) is 1.86. The van der Waals surface area contributed by atoms with Gasteiger partial charge in [0, 0.05) is 13.1 Å². The predicted molar refractivity (Wildman–Crippen MR) is 140 cm³/mol. The Morgan fingerprint density at radius 3 is 2.56 bits per heavy atom. The number of aromatic amines is 1. The van der Waals surface area contributed by atoms with E-state index in [4.69, 9.17) is 19.2 Å². The van der Waals surface area contributed by atoms with Gasteiger partial charge in [-0.2, -0.15) is 0 Å². The number of H-pyrrole nitrogens is 1. The van der Waals surface area contributed by atoms with Crippen molar-refractivity contribution < 1.29 is 19.0 Å². The van der Waals surface area contributed by atoms with Crippen molar-refractivity contribution in [2.24, 2.45) is 0 Å². The third-order valence-corrected chi connectivity index (χ3v) is 5.99. The van der Waals surface area contributed by atoms with Crippen LogP contribution in [0.25, 0.3) is 22.7 Å². The maximum Gasteiger partial charge on any atom is 0.257 e. The highest BCUT2D eigenvalue weighted by atomic mass is 16.5. The second-order valence-corrected chi connectivity index (χ2v) is 8.48. The summed E-state index contributed by atoms with van der Waals surface area (Å²) < 4.78 is 17.4. The van der Waals surface area contributed by atoms with Crippen molar-refractivity contribution in [3.63, 3.8) is 0 Å². The van der Waals surface area contributed by atoms with Crippen molar-refractivity contribution in [2.45, 2.75) is 13.5 Å². The summed E-state index contributed by atoms with van der Waals surface area (Å²) in [5.41, 5.74) is 4.09. The molecule has 0 atom stereocenters. The van der Waals surface area contributed by atoms with Gasteiger partial charge in [-0.05, 0) is 48.4 Å². The van der Waals surface area contributed by atoms with Crippen LogP contribution in [-0.4, -0.2) is 53.7 Å². The average Bonchev–Trinajstić information content (AvgIpc) is 3.36. The van der Waals surface area contributed by atoms with E-state index in [1.807, 2.05) is 90.7 Å². The third kappa shape index (κ3) is 5.42. The number of amides is 1. The van der Waals surface area contributed by atoms with E-state index in [0.29, 0.717) is 62.4 Å². The second-order valence-electron chi connectivity index (χ2n) is 8.48. The fourth-order valence-corrected chi connectivity index (χ4v) is 4.15. The SMILES string of the molecule is CCOc1cc(/C=C(/C(=O)N2CCOCC2)c2nc3ccccc3[nH]2)ccc1OCc1ccccc1. The van der Waals surface area contributed by atoms with E-state index in [1.54, 1.807) is 0 Å². The fourth-order valence-electron chi connectivity index (χ4n) is 4.15. The van der Waals surface area contributed by atoms with Crippen LogP contribution in [0.2, 0.25) is 0 Å². The number of fused-ring (bicyclic) bond motifs is 1. The number of nitrogens with zero attached hydrogens (tertiary/aromatic N) is 2. The van der Waals surface area contributed by atoms with Crippen molar-refractivity contribution in [1.82, 2.24) is 14.9 Å². The summed E-state index contributed by atoms with van der Waals surface area (Å²) in [6.45, 7) is 5.03. The number of nitrogens with one attached hydrogen (secondary N) is 1. The molecule has 36 heavy (non-hydrogen) atoms. The van der Waals surface area contributed by atoms with Crippen molar-refractivity contribution in [2.75, 3.05) is 32.9 Å². The minimum Gasteiger partial charge on any atom is -0.490 e. The number of carbonyl (C=O) groups excluding carboxylic acids is 1. The maximum atomic E-state index is 13.6. The second kappa shape index (κ2) is 11.1. The minimum absolute atomic E-state index is 0.0836. The number of benzene rings is 3. The summed E-state index contributed by atoms with van der Waals surface area (Å²) in [7, 11) is 0. The molecule has 0 unspecified atom stereocenters. The quantitative estimate of drug-likeness (QED) is 0.359. The molecule has 1 aromatic heterocycles. The number of hydrogen-bond donors (Lipinski definition) is 1. The van der Waals surface area contributed by atoms with Crippen LogP contribution in [0.4, 0.5) is 0 Å². The highest BCUT2D eigenvalue weighted by Gasteiger charge is 2.24. The van der Waals surface area contributed by atoms with Crippen LogP contribution in [0.5, 0.6) is 11.5 Å². The number of morpholine rings is 1. The molecule has 1 aliphatic heterocycles. The lowest BCUT2D eigenvalue weighted by Crippen LogP contribution is -2.41. The molecule has 7 heteroatoms. The molecule has 2 heterocycles. The highest BCUT2D eigenvalue weighted by molar-refractivity contribution is 6.23. The molecule has 0 bridgehead atoms. The number of para-hydroxylation sites is 2. The largest absolute Gasteiger partial charge is 0.490 e. The molecule has 0 aliphatic carbocycles. The summed E-state index contributed by atoms with van der Waals surface area (Å²) in [4.78, 5) is 23.4. The van der Waals surface area contributed by atoms with Crippen LogP contribution in [0.15, 0.2) is 72.8 Å². The first kappa shape index (κ1) is 23.6. The Morgan fingerprint density at radius 2 is 1.78 bits per heavy atom. The van der Waals surface area contributed by atoms with Gasteiger partial charge in [0.1, 0.15) is 12.4 Å². The fraction of sp³-hybridized carbons (Fsp3) is 0.241. The average molecular weight is 484 g/mol. The minimum atomic E-state index is -0.0836. The Labute approximate surface area is 210 Å². The molecule has 1 aliphatic rings. The van der Waals surface area contributed by atoms with E-state index in [9.17, 15) is 4.79 Å². The van der Waals surface area contributed by atoms with Crippen LogP contribution in [0.1, 0.15) is 23.9 Å². The van der Waals surface area contributed by atoms with E-state index in [-0.39, 0.29) is 5.91 Å². The van der Waals surface area contributed by atoms with Crippen molar-refractivity contribution in [3.05, 3.63) is 89.7 Å². The lowest BCUT2D eigenvalue weighted by Gasteiger charge is -2.27. The van der Waals surface area contributed by atoms with Crippen molar-refractivity contribution in [3.8, 4) is 11.5 Å². The van der Waals surface area contributed by atoms with Gasteiger partial charge in [0.25, 0.3) is 5.91 Å². The monoisotopic (exact) mass is 483 g/mol. The number of rotatable bonds is 8. The van der Waals surface area contributed by atoms with Gasteiger partial charge in [0.15, 0.2) is 11.5 Å². The topological polar surface area (TPSA) is 76.7 Å². The van der Waals surface area contributed by atoms with Gasteiger partial charge in [-0.3, -0.25) is 4.79 Å². The summed E-state index contributed by atoms with van der Waals surface area (Å²) in [5.74, 6) is 1.74. The van der Waals surface area contributed by atoms with Crippen molar-refractivity contribution in [1.29, 1.82) is 0 Å². The van der Waals surface area contributed by atoms with Crippen molar-refractivity contribution >= 4 is 28.6 Å². The molecule has 0 spiro atoms. The Bertz CT molecular complexity index is 1320. The Morgan fingerprint density at radius 1 is 1.00 bits per heavy atom. The highest BCUT2D eigenvalue weighted by Crippen LogP contribution is 2.31. The van der Waals surface area contributed by atoms with Gasteiger partial charge in [0.2, 0.25) is 0 Å². The lowest BCUT2D eigenvalue weighted by molar-refractivity contribution is -0.128. The number of hydrogen-bond acceptors (Lipinski definition) is 5. The van der Waals surface area contributed by atoms with Crippen LogP contribution in [-0.2, 0) is 16.1 Å². The molecule has 5 rings (SSSR count). The normalized spacial score (nSPS) is 14.1. The molecule has 0 saturated carbocycles. The van der Waals surface area contributed by atoms with E-state index in [2.05, 4.69) is 4.98 Å².